The number of carbonyl (C=O) groups excluding carboxylic acids is 1. The van der Waals surface area contributed by atoms with Crippen LogP contribution in [0.2, 0.25) is 0 Å². The molecule has 0 radical (unpaired) electrons. The van der Waals surface area contributed by atoms with E-state index in [2.05, 4.69) is 15.5 Å². The Morgan fingerprint density at radius 2 is 1.90 bits per heavy atom. The molecule has 0 saturated carbocycles. The molecule has 29 heavy (non-hydrogen) atoms. The van der Waals surface area contributed by atoms with Crippen LogP contribution in [0.25, 0.3) is 11.4 Å². The van der Waals surface area contributed by atoms with E-state index in [4.69, 9.17) is 10.6 Å². The second-order valence-electron chi connectivity index (χ2n) is 5.85. The van der Waals surface area contributed by atoms with Crippen LogP contribution < -0.4 is 15.9 Å². The molecule has 1 aromatic heterocycles. The Kier molecular flexibility index (Phi) is 5.97. The fraction of sp³-hybridized carbons (Fsp3) is 0.167. The number of carbonyl (C=O) groups is 1. The Labute approximate surface area is 168 Å². The molecule has 0 saturated heterocycles. The molecule has 0 aliphatic carbocycles. The van der Waals surface area contributed by atoms with Crippen molar-refractivity contribution in [3.8, 4) is 17.1 Å². The molecule has 0 aliphatic rings. The number of rotatable bonds is 6. The molecule has 152 valence electrons. The van der Waals surface area contributed by atoms with Gasteiger partial charge in [-0.2, -0.15) is 0 Å². The number of anilines is 1. The molecule has 3 rings (SSSR count). The van der Waals surface area contributed by atoms with E-state index in [1.165, 1.54) is 18.7 Å². The molecule has 1 heterocycles. The number of nitrogens with one attached hydrogen (secondary N) is 1. The van der Waals surface area contributed by atoms with Gasteiger partial charge >= 0.3 is 0 Å². The molecule has 3 aromatic rings. The van der Waals surface area contributed by atoms with Crippen LogP contribution in [-0.2, 0) is 4.79 Å². The number of nitrogen functional groups attached to an aromatic ring is 1. The quantitative estimate of drug-likeness (QED) is 0.359. The van der Waals surface area contributed by atoms with Gasteiger partial charge in [-0.25, -0.2) is 17.8 Å². The number of nitrogens with two attached hydrogens (primary N) is 1. The Hall–Kier alpha value is -3.21. The highest BCUT2D eigenvalue weighted by Crippen LogP contribution is 2.30. The van der Waals surface area contributed by atoms with E-state index >= 15 is 0 Å². The first-order chi connectivity index (χ1) is 13.8. The van der Waals surface area contributed by atoms with Crippen LogP contribution in [0.1, 0.15) is 6.92 Å². The van der Waals surface area contributed by atoms with Gasteiger partial charge in [0.25, 0.3) is 0 Å². The summed E-state index contributed by atoms with van der Waals surface area (Å²) in [5.74, 6) is 1.79. The zero-order valence-electron chi connectivity index (χ0n) is 15.3. The van der Waals surface area contributed by atoms with E-state index in [0.29, 0.717) is 17.1 Å². The van der Waals surface area contributed by atoms with Crippen LogP contribution in [0.15, 0.2) is 41.6 Å². The average molecular weight is 423 g/mol. The number of methoxy groups -OCH3 is 1. The third-order valence-electron chi connectivity index (χ3n) is 3.96. The van der Waals surface area contributed by atoms with Crippen LogP contribution in [0, 0.1) is 17.5 Å². The number of halogens is 3. The lowest BCUT2D eigenvalue weighted by Gasteiger charge is -2.12. The van der Waals surface area contributed by atoms with Crippen LogP contribution in [0.4, 0.5) is 18.9 Å². The molecule has 3 N–H and O–H groups in total. The lowest BCUT2D eigenvalue weighted by atomic mass is 10.2. The molecule has 1 unspecified atom stereocenters. The third-order valence-corrected chi connectivity index (χ3v) is 5.01. The lowest BCUT2D eigenvalue weighted by Crippen LogP contribution is -2.24. The van der Waals surface area contributed by atoms with Crippen molar-refractivity contribution < 1.29 is 22.7 Å². The summed E-state index contributed by atoms with van der Waals surface area (Å²) in [5, 5.41) is 9.65. The van der Waals surface area contributed by atoms with Crippen molar-refractivity contribution in [2.75, 3.05) is 18.3 Å². The summed E-state index contributed by atoms with van der Waals surface area (Å²) in [4.78, 5) is 12.3. The predicted octanol–water partition coefficient (Wildman–Crippen LogP) is 3.20. The summed E-state index contributed by atoms with van der Waals surface area (Å²) >= 11 is 0.961. The molecule has 0 bridgehead atoms. The normalized spacial score (nSPS) is 11.9. The standard InChI is InChI=1S/C18H16F3N5O2S/c1-9(17(27)23-12-8-7-11(19)14(20)15(12)21)29-18-25-24-16(26(18)22)10-5-3-4-6-13(10)28-2/h3-9H,22H2,1-2H3,(H,23,27). The largest absolute Gasteiger partial charge is 0.496 e. The van der Waals surface area contributed by atoms with Gasteiger partial charge in [0.1, 0.15) is 5.75 Å². The predicted molar refractivity (Wildman–Crippen MR) is 102 cm³/mol. The van der Waals surface area contributed by atoms with Gasteiger partial charge in [-0.05, 0) is 31.2 Å². The van der Waals surface area contributed by atoms with Crippen LogP contribution >= 0.6 is 11.8 Å². The summed E-state index contributed by atoms with van der Waals surface area (Å²) in [5.41, 5.74) is 0.142. The summed E-state index contributed by atoms with van der Waals surface area (Å²) in [6.07, 6.45) is 0. The van der Waals surface area contributed by atoms with Gasteiger partial charge in [-0.3, -0.25) is 4.79 Å². The second-order valence-corrected chi connectivity index (χ2v) is 7.16. The molecular formula is C18H16F3N5O2S. The van der Waals surface area contributed by atoms with Crippen molar-refractivity contribution in [2.24, 2.45) is 0 Å². The summed E-state index contributed by atoms with van der Waals surface area (Å²) < 4.78 is 46.5. The van der Waals surface area contributed by atoms with E-state index in [9.17, 15) is 18.0 Å². The zero-order chi connectivity index (χ0) is 21.1. The minimum atomic E-state index is -1.66. The number of thioether (sulfide) groups is 1. The minimum absolute atomic E-state index is 0.222. The average Bonchev–Trinajstić information content (AvgIpc) is 3.08. The zero-order valence-corrected chi connectivity index (χ0v) is 16.1. The van der Waals surface area contributed by atoms with Crippen LogP contribution in [0.3, 0.4) is 0 Å². The second kappa shape index (κ2) is 8.43. The number of nitrogens with zero attached hydrogens (tertiary/aromatic N) is 3. The van der Waals surface area contributed by atoms with E-state index < -0.39 is 34.3 Å². The lowest BCUT2D eigenvalue weighted by molar-refractivity contribution is -0.115. The molecule has 0 spiro atoms. The van der Waals surface area contributed by atoms with Gasteiger partial charge in [0.2, 0.25) is 11.1 Å². The summed E-state index contributed by atoms with van der Waals surface area (Å²) in [6.45, 7) is 1.52. The highest BCUT2D eigenvalue weighted by Gasteiger charge is 2.23. The molecule has 0 aliphatic heterocycles. The van der Waals surface area contributed by atoms with Crippen molar-refractivity contribution in [1.29, 1.82) is 0 Å². The maximum Gasteiger partial charge on any atom is 0.237 e. The number of hydrogen-bond acceptors (Lipinski definition) is 6. The number of hydrogen-bond donors (Lipinski definition) is 2. The maximum atomic E-state index is 13.7. The Balaban J connectivity index is 1.76. The van der Waals surface area contributed by atoms with Gasteiger partial charge in [-0.15, -0.1) is 10.2 Å². The number of para-hydroxylation sites is 1. The number of aromatic nitrogens is 3. The first-order valence-corrected chi connectivity index (χ1v) is 9.16. The topological polar surface area (TPSA) is 95.1 Å². The minimum Gasteiger partial charge on any atom is -0.496 e. The van der Waals surface area contributed by atoms with E-state index in [0.717, 1.165) is 23.9 Å². The highest BCUT2D eigenvalue weighted by atomic mass is 32.2. The smallest absolute Gasteiger partial charge is 0.237 e. The van der Waals surface area contributed by atoms with Crippen molar-refractivity contribution >= 4 is 23.4 Å². The van der Waals surface area contributed by atoms with E-state index in [1.807, 2.05) is 0 Å². The Morgan fingerprint density at radius 1 is 1.17 bits per heavy atom. The maximum absolute atomic E-state index is 13.7. The summed E-state index contributed by atoms with van der Waals surface area (Å²) in [6, 6.07) is 8.73. The van der Waals surface area contributed by atoms with Gasteiger partial charge in [-0.1, -0.05) is 23.9 Å². The third kappa shape index (κ3) is 4.14. The van der Waals surface area contributed by atoms with Crippen LogP contribution in [-0.4, -0.2) is 33.1 Å². The Morgan fingerprint density at radius 3 is 2.62 bits per heavy atom. The van der Waals surface area contributed by atoms with Crippen molar-refractivity contribution in [3.63, 3.8) is 0 Å². The fourth-order valence-electron chi connectivity index (χ4n) is 2.44. The fourth-order valence-corrected chi connectivity index (χ4v) is 3.21. The Bertz CT molecular complexity index is 1060. The number of benzene rings is 2. The molecule has 0 fully saturated rings. The van der Waals surface area contributed by atoms with Gasteiger partial charge in [0.15, 0.2) is 23.3 Å². The van der Waals surface area contributed by atoms with Crippen molar-refractivity contribution in [3.05, 3.63) is 53.8 Å². The SMILES string of the molecule is COc1ccccc1-c1nnc(SC(C)C(=O)Nc2ccc(F)c(F)c2F)n1N. The number of ether oxygens (including phenoxy) is 1. The van der Waals surface area contributed by atoms with E-state index in [-0.39, 0.29) is 5.16 Å². The van der Waals surface area contributed by atoms with E-state index in [1.54, 1.807) is 24.3 Å². The molecular weight excluding hydrogens is 407 g/mol. The van der Waals surface area contributed by atoms with Crippen LogP contribution in [0.5, 0.6) is 5.75 Å². The van der Waals surface area contributed by atoms with Gasteiger partial charge in [0.05, 0.1) is 23.6 Å². The molecule has 1 atom stereocenters. The molecule has 2 aromatic carbocycles. The van der Waals surface area contributed by atoms with Gasteiger partial charge in [0, 0.05) is 0 Å². The van der Waals surface area contributed by atoms with Crippen molar-refractivity contribution in [2.45, 2.75) is 17.3 Å². The molecule has 7 nitrogen and oxygen atoms in total. The monoisotopic (exact) mass is 423 g/mol. The van der Waals surface area contributed by atoms with Gasteiger partial charge < -0.3 is 15.9 Å². The highest BCUT2D eigenvalue weighted by molar-refractivity contribution is 8.00. The first-order valence-electron chi connectivity index (χ1n) is 8.28. The summed E-state index contributed by atoms with van der Waals surface area (Å²) in [7, 11) is 1.51. The number of amides is 1. The molecule has 11 heteroatoms. The first kappa shape index (κ1) is 20.5. The van der Waals surface area contributed by atoms with Crippen molar-refractivity contribution in [1.82, 2.24) is 14.9 Å². The molecule has 1 amide bonds.